The Morgan fingerprint density at radius 2 is 0.782 bits per heavy atom. The van der Waals surface area contributed by atoms with E-state index in [9.17, 15) is 38.4 Å². The molecule has 0 aliphatic heterocycles. The number of Topliss-reactive ketones (excluding diaryl/α,β-unsaturated/α-hetero) is 1. The van der Waals surface area contributed by atoms with Crippen LogP contribution in [0.25, 0.3) is 0 Å². The van der Waals surface area contributed by atoms with E-state index in [1.54, 1.807) is 13.8 Å². The number of aliphatic hydroxyl groups is 1. The number of hydrogen-bond acceptors (Lipinski definition) is 17. The number of ketones is 1. The topological polar surface area (TPSA) is 279 Å². The number of aldehydes is 1. The summed E-state index contributed by atoms with van der Waals surface area (Å²) >= 11 is 0. The zero-order valence-electron chi connectivity index (χ0n) is 35.1. The molecule has 0 fully saturated rings. The summed E-state index contributed by atoms with van der Waals surface area (Å²) in [6.45, 7) is 12.5. The van der Waals surface area contributed by atoms with Crippen LogP contribution in [0.15, 0.2) is 0 Å². The lowest BCUT2D eigenvalue weighted by Crippen LogP contribution is -2.12. The van der Waals surface area contributed by atoms with Gasteiger partial charge < -0.3 is 48.9 Å². The minimum atomic E-state index is -0.888. The van der Waals surface area contributed by atoms with Crippen molar-refractivity contribution in [1.29, 1.82) is 0 Å². The quantitative estimate of drug-likeness (QED) is 0.0852. The molecule has 3 atom stereocenters. The summed E-state index contributed by atoms with van der Waals surface area (Å²) in [5.41, 5.74) is 0. The highest BCUT2D eigenvalue weighted by molar-refractivity contribution is 5.94. The van der Waals surface area contributed by atoms with Crippen LogP contribution in [0, 0.1) is 23.7 Å². The van der Waals surface area contributed by atoms with E-state index in [4.69, 9.17) is 15.0 Å². The Balaban J connectivity index is -0.000000103. The first-order chi connectivity index (χ1) is 25.1. The number of carboxylic acid groups (broad SMARTS) is 1. The number of ether oxygens (including phenoxy) is 6. The molecule has 0 saturated heterocycles. The fourth-order valence-electron chi connectivity index (χ4n) is 3.47. The van der Waals surface area contributed by atoms with Gasteiger partial charge in [0.05, 0.1) is 42.7 Å². The van der Waals surface area contributed by atoms with Crippen LogP contribution in [0.1, 0.15) is 113 Å². The van der Waals surface area contributed by atoms with Crippen LogP contribution in [0.5, 0.6) is 0 Å². The molecule has 18 nitrogen and oxygen atoms in total. The second-order valence-electron chi connectivity index (χ2n) is 11.9. The molecular formula is C37H69O18-. The summed E-state index contributed by atoms with van der Waals surface area (Å²) < 4.78 is 26.4. The van der Waals surface area contributed by atoms with Gasteiger partial charge in [-0.05, 0) is 43.9 Å². The lowest BCUT2D eigenvalue weighted by molar-refractivity contribution is -0.145. The van der Waals surface area contributed by atoms with Gasteiger partial charge in [0.1, 0.15) is 18.5 Å². The van der Waals surface area contributed by atoms with Crippen LogP contribution < -0.4 is 0 Å². The van der Waals surface area contributed by atoms with Crippen molar-refractivity contribution in [3.8, 4) is 0 Å². The summed E-state index contributed by atoms with van der Waals surface area (Å²) in [6, 6.07) is 0. The van der Waals surface area contributed by atoms with Crippen molar-refractivity contribution in [2.24, 2.45) is 23.7 Å². The number of rotatable bonds is 18. The predicted molar refractivity (Wildman–Crippen MR) is 200 cm³/mol. The molecule has 0 spiro atoms. The first kappa shape index (κ1) is 65.4. The van der Waals surface area contributed by atoms with E-state index in [-0.39, 0.29) is 97.6 Å². The molecule has 18 heteroatoms. The molecule has 3 unspecified atom stereocenters. The summed E-state index contributed by atoms with van der Waals surface area (Å²) in [5, 5.41) is 16.8. The summed E-state index contributed by atoms with van der Waals surface area (Å²) in [5.74, 6) is -2.28. The Morgan fingerprint density at radius 1 is 0.527 bits per heavy atom. The van der Waals surface area contributed by atoms with Crippen LogP contribution in [0.3, 0.4) is 0 Å². The molecule has 0 amide bonds. The Bertz CT molecular complexity index is 984. The van der Waals surface area contributed by atoms with Gasteiger partial charge in [0.25, 0.3) is 0 Å². The van der Waals surface area contributed by atoms with Gasteiger partial charge in [0.15, 0.2) is 0 Å². The number of hydrogen-bond donors (Lipinski definition) is 2. The zero-order chi connectivity index (χ0) is 43.7. The van der Waals surface area contributed by atoms with Gasteiger partial charge in [-0.15, -0.1) is 0 Å². The summed E-state index contributed by atoms with van der Waals surface area (Å²) in [6.07, 6.45) is 5.19. The molecular weight excluding hydrogens is 732 g/mol. The molecule has 326 valence electrons. The molecule has 0 bridgehead atoms. The fraction of sp³-hybridized carbons (Fsp3) is 0.757. The van der Waals surface area contributed by atoms with Gasteiger partial charge in [0, 0.05) is 45.1 Å². The smallest absolute Gasteiger partial charge is 0.313 e. The molecule has 0 radical (unpaired) electrons. The van der Waals surface area contributed by atoms with Crippen LogP contribution >= 0.6 is 0 Å². The van der Waals surface area contributed by atoms with Crippen molar-refractivity contribution in [3.05, 3.63) is 0 Å². The molecule has 0 rings (SSSR count). The third kappa shape index (κ3) is 64.9. The van der Waals surface area contributed by atoms with Gasteiger partial charge in [-0.2, -0.15) is 0 Å². The third-order valence-electron chi connectivity index (χ3n) is 6.26. The van der Waals surface area contributed by atoms with E-state index in [0.29, 0.717) is 25.2 Å². The highest BCUT2D eigenvalue weighted by Crippen LogP contribution is 2.10. The number of carbonyl (C=O) groups is 9. The van der Waals surface area contributed by atoms with Gasteiger partial charge in [-0.25, -0.2) is 0 Å². The fourth-order valence-corrected chi connectivity index (χ4v) is 3.47. The highest BCUT2D eigenvalue weighted by atomic mass is 16.5. The Labute approximate surface area is 326 Å². The van der Waals surface area contributed by atoms with Crippen molar-refractivity contribution in [3.63, 3.8) is 0 Å². The van der Waals surface area contributed by atoms with Crippen molar-refractivity contribution in [2.45, 2.75) is 113 Å². The van der Waals surface area contributed by atoms with E-state index in [0.717, 1.165) is 19.1 Å². The number of aliphatic carboxylic acids is 1. The van der Waals surface area contributed by atoms with Crippen LogP contribution in [-0.4, -0.2) is 119 Å². The van der Waals surface area contributed by atoms with Crippen molar-refractivity contribution < 1.29 is 87.3 Å². The normalized spacial score (nSPS) is 10.6. The second kappa shape index (κ2) is 47.6. The van der Waals surface area contributed by atoms with E-state index in [2.05, 4.69) is 42.3 Å². The van der Waals surface area contributed by atoms with Crippen LogP contribution in [-0.2, 0) is 71.6 Å². The number of carboxylic acids is 1. The molecule has 0 aromatic rings. The lowest BCUT2D eigenvalue weighted by atomic mass is 10.0. The van der Waals surface area contributed by atoms with Crippen LogP contribution in [0.4, 0.5) is 0 Å². The monoisotopic (exact) mass is 801 g/mol. The first-order valence-electron chi connectivity index (χ1n) is 17.3. The second-order valence-corrected chi connectivity index (χ2v) is 11.9. The number of esters is 6. The van der Waals surface area contributed by atoms with E-state index >= 15 is 0 Å². The minimum absolute atomic E-state index is 0. The van der Waals surface area contributed by atoms with Gasteiger partial charge >= 0.3 is 41.8 Å². The van der Waals surface area contributed by atoms with E-state index < -0.39 is 11.9 Å². The van der Waals surface area contributed by atoms with Crippen molar-refractivity contribution >= 4 is 53.9 Å². The number of methoxy groups -OCH3 is 6. The molecule has 0 aromatic carbocycles. The molecule has 0 aliphatic carbocycles. The first-order valence-corrected chi connectivity index (χ1v) is 17.3. The maximum atomic E-state index is 10.7. The molecule has 0 saturated carbocycles. The van der Waals surface area contributed by atoms with Crippen molar-refractivity contribution in [1.82, 2.24) is 0 Å². The standard InChI is InChI=1S/C8H14O4.C8H16O2.C7H12O4.C7H14O3.C5H8O3.C2H4O.H2O/c1-6(4-7(9)11-2)5-8(10)12-3;1-4-5-7(2)6-8(9)10-3;1-5(3-6(8)9)4-7(10)11-2;1-6(3-4-8)5-7(9)10-2;1-4(6)3-5(7)8-2;1-2-3;/h6H,4-5H2,1-3H3;7H,4-6H2,1-3H3;5H,3-4H2,1-2H3,(H,8,9);6,8H,3-5H2,1-2H3;3H2,1-2H3;2H,1H3;1H2/p-1. The average molecular weight is 802 g/mol. The maximum absolute atomic E-state index is 10.7. The predicted octanol–water partition coefficient (Wildman–Crippen LogP) is 4.13. The Kier molecular flexibility index (Phi) is 56.6. The highest BCUT2D eigenvalue weighted by Gasteiger charge is 2.14. The van der Waals surface area contributed by atoms with Gasteiger partial charge in [-0.1, -0.05) is 47.5 Å². The molecule has 0 aliphatic rings. The largest absolute Gasteiger partial charge is 0.870 e. The third-order valence-corrected chi connectivity index (χ3v) is 6.26. The number of carbonyl (C=O) groups excluding carboxylic acids is 8. The summed E-state index contributed by atoms with van der Waals surface area (Å²) in [7, 11) is 8.00. The molecule has 55 heavy (non-hydrogen) atoms. The zero-order valence-corrected chi connectivity index (χ0v) is 35.1. The molecule has 0 heterocycles. The minimum Gasteiger partial charge on any atom is -0.870 e. The Morgan fingerprint density at radius 3 is 0.982 bits per heavy atom. The SMILES string of the molecule is CC=O.CCCC(C)CC(=O)OC.COC(=O)CC(C)=O.COC(=O)CC(C)CC(=O)O.COC(=O)CC(C)CC(=O)OC.COC(=O)CC(C)CCO.[OH-]. The van der Waals surface area contributed by atoms with Crippen LogP contribution in [0.2, 0.25) is 0 Å². The summed E-state index contributed by atoms with van der Waals surface area (Å²) in [4.78, 5) is 92.5. The Hall–Kier alpha value is -4.45. The van der Waals surface area contributed by atoms with E-state index in [1.807, 2.05) is 6.92 Å². The van der Waals surface area contributed by atoms with Gasteiger partial charge in [0.2, 0.25) is 0 Å². The lowest BCUT2D eigenvalue weighted by Gasteiger charge is -2.07. The van der Waals surface area contributed by atoms with Crippen molar-refractivity contribution in [2.75, 3.05) is 49.3 Å². The maximum Gasteiger partial charge on any atom is 0.313 e. The van der Waals surface area contributed by atoms with Gasteiger partial charge in [-0.3, -0.25) is 38.4 Å². The number of aliphatic hydroxyl groups excluding tert-OH is 1. The van der Waals surface area contributed by atoms with E-state index in [1.165, 1.54) is 56.5 Å². The molecule has 3 N–H and O–H groups in total. The molecule has 0 aromatic heterocycles. The average Bonchev–Trinajstić information content (AvgIpc) is 3.08.